The summed E-state index contributed by atoms with van der Waals surface area (Å²) in [6.45, 7) is 5.81. The van der Waals surface area contributed by atoms with Gasteiger partial charge in [0.25, 0.3) is 0 Å². The molecule has 1 amide bonds. The normalized spacial score (nSPS) is 25.4. The molecule has 3 atom stereocenters. The highest BCUT2D eigenvalue weighted by atomic mass is 16.5. The van der Waals surface area contributed by atoms with Crippen LogP contribution in [0, 0.1) is 5.92 Å². The first-order chi connectivity index (χ1) is 9.12. The Hall–Kier alpha value is -0.650. The number of aliphatic hydroxyl groups is 1. The Bertz CT molecular complexity index is 273. The maximum Gasteiger partial charge on any atom is 0.222 e. The van der Waals surface area contributed by atoms with Crippen LogP contribution < -0.4 is 5.73 Å². The Labute approximate surface area is 116 Å². The minimum atomic E-state index is -0.230. The lowest BCUT2D eigenvalue weighted by molar-refractivity contribution is -0.146. The van der Waals surface area contributed by atoms with Crippen molar-refractivity contribution in [3.05, 3.63) is 0 Å². The molecule has 0 saturated carbocycles. The summed E-state index contributed by atoms with van der Waals surface area (Å²) in [5.74, 6) is 0.712. The number of hydrogen-bond donors (Lipinski definition) is 2. The third-order valence-corrected chi connectivity index (χ3v) is 3.95. The molecular formula is C14H28N2O3. The first kappa shape index (κ1) is 16.4. The number of carbonyl (C=O) groups is 1. The molecule has 1 heterocycles. The molecule has 1 rings (SSSR count). The van der Waals surface area contributed by atoms with E-state index in [4.69, 9.17) is 15.6 Å². The van der Waals surface area contributed by atoms with Crippen molar-refractivity contribution in [2.24, 2.45) is 11.7 Å². The Balaban J connectivity index is 2.42. The van der Waals surface area contributed by atoms with Crippen LogP contribution in [-0.2, 0) is 9.53 Å². The lowest BCUT2D eigenvalue weighted by atomic mass is 9.96. The van der Waals surface area contributed by atoms with Gasteiger partial charge in [0, 0.05) is 13.0 Å². The predicted molar refractivity (Wildman–Crippen MR) is 74.7 cm³/mol. The minimum absolute atomic E-state index is 0.0265. The highest BCUT2D eigenvalue weighted by molar-refractivity contribution is 5.76. The number of nitrogens with zero attached hydrogens (tertiary/aromatic N) is 1. The summed E-state index contributed by atoms with van der Waals surface area (Å²) in [6.07, 6.45) is 3.30. The Morgan fingerprint density at radius 1 is 1.53 bits per heavy atom. The smallest absolute Gasteiger partial charge is 0.222 e. The van der Waals surface area contributed by atoms with Gasteiger partial charge in [-0.15, -0.1) is 0 Å². The largest absolute Gasteiger partial charge is 0.394 e. The van der Waals surface area contributed by atoms with E-state index in [2.05, 4.69) is 6.92 Å². The number of carbonyl (C=O) groups excluding carboxylic acids is 1. The zero-order chi connectivity index (χ0) is 14.3. The van der Waals surface area contributed by atoms with Crippen molar-refractivity contribution in [1.82, 2.24) is 4.90 Å². The molecule has 0 aromatic heterocycles. The summed E-state index contributed by atoms with van der Waals surface area (Å²) in [5.41, 5.74) is 5.57. The van der Waals surface area contributed by atoms with Crippen LogP contribution in [0.1, 0.15) is 39.5 Å². The molecule has 0 aromatic carbocycles. The first-order valence-electron chi connectivity index (χ1n) is 7.34. The van der Waals surface area contributed by atoms with Gasteiger partial charge in [0.1, 0.15) is 0 Å². The predicted octanol–water partition coefficient (Wildman–Crippen LogP) is 0.750. The van der Waals surface area contributed by atoms with Gasteiger partial charge in [0.15, 0.2) is 0 Å². The van der Waals surface area contributed by atoms with Gasteiger partial charge in [-0.2, -0.15) is 0 Å². The van der Waals surface area contributed by atoms with E-state index >= 15 is 0 Å². The van der Waals surface area contributed by atoms with E-state index in [1.54, 1.807) is 0 Å². The van der Waals surface area contributed by atoms with E-state index in [1.807, 2.05) is 11.8 Å². The minimum Gasteiger partial charge on any atom is -0.394 e. The van der Waals surface area contributed by atoms with Crippen LogP contribution in [0.25, 0.3) is 0 Å². The molecule has 0 aromatic rings. The molecule has 1 aliphatic rings. The lowest BCUT2D eigenvalue weighted by Crippen LogP contribution is -2.52. The van der Waals surface area contributed by atoms with Crippen LogP contribution in [0.4, 0.5) is 0 Å². The first-order valence-corrected chi connectivity index (χ1v) is 7.34. The molecule has 3 N–H and O–H groups in total. The van der Waals surface area contributed by atoms with Crippen molar-refractivity contribution in [3.8, 4) is 0 Å². The van der Waals surface area contributed by atoms with Gasteiger partial charge in [-0.3, -0.25) is 4.79 Å². The third kappa shape index (κ3) is 5.09. The SMILES string of the molecule is CCC(CCN)CCC(=O)N1CC(CO)OCC1C. The van der Waals surface area contributed by atoms with Crippen molar-refractivity contribution < 1.29 is 14.6 Å². The van der Waals surface area contributed by atoms with Crippen LogP contribution in [0.2, 0.25) is 0 Å². The van der Waals surface area contributed by atoms with Gasteiger partial charge in [-0.05, 0) is 32.2 Å². The second kappa shape index (κ2) is 8.51. The van der Waals surface area contributed by atoms with Gasteiger partial charge in [0.2, 0.25) is 5.91 Å². The van der Waals surface area contributed by atoms with Crippen LogP contribution in [0.3, 0.4) is 0 Å². The van der Waals surface area contributed by atoms with Crippen LogP contribution in [-0.4, -0.2) is 54.4 Å². The standard InChI is InChI=1S/C14H28N2O3/c1-3-12(6-7-15)4-5-14(18)16-8-13(9-17)19-10-11(16)2/h11-13,17H,3-10,15H2,1-2H3. The molecule has 5 nitrogen and oxygen atoms in total. The molecule has 19 heavy (non-hydrogen) atoms. The van der Waals surface area contributed by atoms with Crippen LogP contribution in [0.15, 0.2) is 0 Å². The molecule has 112 valence electrons. The van der Waals surface area contributed by atoms with Crippen LogP contribution >= 0.6 is 0 Å². The van der Waals surface area contributed by atoms with Crippen molar-refractivity contribution in [1.29, 1.82) is 0 Å². The summed E-state index contributed by atoms with van der Waals surface area (Å²) in [4.78, 5) is 14.1. The zero-order valence-corrected chi connectivity index (χ0v) is 12.2. The van der Waals surface area contributed by atoms with Crippen molar-refractivity contribution in [3.63, 3.8) is 0 Å². The molecule has 1 fully saturated rings. The maximum atomic E-state index is 12.3. The summed E-state index contributed by atoms with van der Waals surface area (Å²) >= 11 is 0. The summed E-state index contributed by atoms with van der Waals surface area (Å²) < 4.78 is 5.44. The molecule has 1 saturated heterocycles. The second-order valence-corrected chi connectivity index (χ2v) is 5.42. The number of nitrogens with two attached hydrogens (primary N) is 1. The fourth-order valence-corrected chi connectivity index (χ4v) is 2.53. The third-order valence-electron chi connectivity index (χ3n) is 3.95. The Morgan fingerprint density at radius 2 is 2.26 bits per heavy atom. The molecule has 5 heteroatoms. The fourth-order valence-electron chi connectivity index (χ4n) is 2.53. The average molecular weight is 272 g/mol. The summed E-state index contributed by atoms with van der Waals surface area (Å²) in [7, 11) is 0. The molecule has 0 aliphatic carbocycles. The molecule has 1 aliphatic heterocycles. The molecule has 0 bridgehead atoms. The molecule has 3 unspecified atom stereocenters. The number of amides is 1. The number of hydrogen-bond acceptors (Lipinski definition) is 4. The monoisotopic (exact) mass is 272 g/mol. The van der Waals surface area contributed by atoms with Crippen molar-refractivity contribution in [2.75, 3.05) is 26.3 Å². The Morgan fingerprint density at radius 3 is 2.84 bits per heavy atom. The molecular weight excluding hydrogens is 244 g/mol. The highest BCUT2D eigenvalue weighted by Crippen LogP contribution is 2.18. The maximum absolute atomic E-state index is 12.3. The van der Waals surface area contributed by atoms with E-state index in [0.717, 1.165) is 19.3 Å². The van der Waals surface area contributed by atoms with Crippen molar-refractivity contribution >= 4 is 5.91 Å². The van der Waals surface area contributed by atoms with Gasteiger partial charge in [-0.25, -0.2) is 0 Å². The van der Waals surface area contributed by atoms with E-state index in [9.17, 15) is 4.79 Å². The van der Waals surface area contributed by atoms with Gasteiger partial charge >= 0.3 is 0 Å². The number of ether oxygens (including phenoxy) is 1. The highest BCUT2D eigenvalue weighted by Gasteiger charge is 2.29. The topological polar surface area (TPSA) is 75.8 Å². The van der Waals surface area contributed by atoms with Crippen LogP contribution in [0.5, 0.6) is 0 Å². The number of morpholine rings is 1. The van der Waals surface area contributed by atoms with Gasteiger partial charge in [0.05, 0.1) is 25.4 Å². The van der Waals surface area contributed by atoms with E-state index in [1.165, 1.54) is 0 Å². The Kier molecular flexibility index (Phi) is 7.34. The fraction of sp³-hybridized carbons (Fsp3) is 0.929. The van der Waals surface area contributed by atoms with Gasteiger partial charge < -0.3 is 20.5 Å². The van der Waals surface area contributed by atoms with E-state index in [0.29, 0.717) is 32.0 Å². The van der Waals surface area contributed by atoms with E-state index < -0.39 is 0 Å². The second-order valence-electron chi connectivity index (χ2n) is 5.42. The van der Waals surface area contributed by atoms with E-state index in [-0.39, 0.29) is 24.7 Å². The number of rotatable bonds is 7. The zero-order valence-electron chi connectivity index (χ0n) is 12.2. The average Bonchev–Trinajstić information content (AvgIpc) is 2.43. The molecule has 0 radical (unpaired) electrons. The lowest BCUT2D eigenvalue weighted by Gasteiger charge is -2.37. The quantitative estimate of drug-likeness (QED) is 0.717. The van der Waals surface area contributed by atoms with Gasteiger partial charge in [-0.1, -0.05) is 13.3 Å². The number of aliphatic hydroxyl groups excluding tert-OH is 1. The molecule has 0 spiro atoms. The summed E-state index contributed by atoms with van der Waals surface area (Å²) in [6, 6.07) is 0.102. The van der Waals surface area contributed by atoms with Crippen molar-refractivity contribution in [2.45, 2.75) is 51.7 Å². The summed E-state index contributed by atoms with van der Waals surface area (Å²) in [5, 5.41) is 9.13.